The topological polar surface area (TPSA) is 51.0 Å². The van der Waals surface area contributed by atoms with Crippen LogP contribution in [0.15, 0.2) is 28.7 Å². The summed E-state index contributed by atoms with van der Waals surface area (Å²) in [6, 6.07) is 9.07. The van der Waals surface area contributed by atoms with Crippen LogP contribution in [0.2, 0.25) is 0 Å². The van der Waals surface area contributed by atoms with E-state index in [-0.39, 0.29) is 0 Å². The molecule has 1 aromatic carbocycles. The zero-order chi connectivity index (χ0) is 14.5. The van der Waals surface area contributed by atoms with Gasteiger partial charge in [0.05, 0.1) is 0 Å². The van der Waals surface area contributed by atoms with Crippen molar-refractivity contribution in [3.63, 3.8) is 0 Å². The summed E-state index contributed by atoms with van der Waals surface area (Å²) in [4.78, 5) is 0. The van der Waals surface area contributed by atoms with E-state index in [1.54, 1.807) is 0 Å². The van der Waals surface area contributed by atoms with Gasteiger partial charge in [0.15, 0.2) is 0 Å². The molecule has 0 aliphatic heterocycles. The molecule has 0 unspecified atom stereocenters. The first-order chi connectivity index (χ1) is 10.3. The fourth-order valence-electron chi connectivity index (χ4n) is 2.92. The normalized spacial score (nSPS) is 16.8. The Morgan fingerprint density at radius 2 is 1.76 bits per heavy atom. The van der Waals surface area contributed by atoms with E-state index in [0.717, 1.165) is 12.1 Å². The molecule has 0 atom stereocenters. The number of aryl methyl sites for hydroxylation is 1. The first kappa shape index (κ1) is 14.3. The Bertz CT molecular complexity index is 554. The Balaban J connectivity index is 1.56. The van der Waals surface area contributed by atoms with Crippen molar-refractivity contribution in [1.82, 2.24) is 15.5 Å². The van der Waals surface area contributed by atoms with E-state index in [4.69, 9.17) is 4.42 Å². The van der Waals surface area contributed by atoms with Gasteiger partial charge in [-0.15, -0.1) is 10.2 Å². The predicted octanol–water partition coefficient (Wildman–Crippen LogP) is 3.86. The quantitative estimate of drug-likeness (QED) is 0.867. The summed E-state index contributed by atoms with van der Waals surface area (Å²) in [6.45, 7) is 2.75. The summed E-state index contributed by atoms with van der Waals surface area (Å²) in [7, 11) is 0. The van der Waals surface area contributed by atoms with Crippen molar-refractivity contribution < 1.29 is 4.42 Å². The molecule has 0 radical (unpaired) electrons. The van der Waals surface area contributed by atoms with Crippen molar-refractivity contribution >= 4 is 0 Å². The van der Waals surface area contributed by atoms with Gasteiger partial charge in [0.2, 0.25) is 11.8 Å². The maximum atomic E-state index is 5.44. The number of hydrogen-bond donors (Lipinski definition) is 1. The molecule has 1 aromatic heterocycles. The lowest BCUT2D eigenvalue weighted by Crippen LogP contribution is -2.27. The summed E-state index contributed by atoms with van der Waals surface area (Å²) >= 11 is 0. The Hall–Kier alpha value is -1.68. The molecule has 0 bridgehead atoms. The van der Waals surface area contributed by atoms with Gasteiger partial charge in [-0.3, -0.25) is 0 Å². The minimum absolute atomic E-state index is 0.593. The van der Waals surface area contributed by atoms with Crippen LogP contribution in [0.1, 0.15) is 50.0 Å². The van der Waals surface area contributed by atoms with Gasteiger partial charge in [0.1, 0.15) is 0 Å². The summed E-state index contributed by atoms with van der Waals surface area (Å²) in [6.07, 6.45) is 8.17. The minimum atomic E-state index is 0.593. The average molecular weight is 285 g/mol. The second-order valence-electron chi connectivity index (χ2n) is 5.89. The molecule has 0 spiro atoms. The molecule has 1 saturated carbocycles. The van der Waals surface area contributed by atoms with Crippen LogP contribution < -0.4 is 5.32 Å². The highest BCUT2D eigenvalue weighted by molar-refractivity contribution is 5.52. The highest BCUT2D eigenvalue weighted by Crippen LogP contribution is 2.20. The van der Waals surface area contributed by atoms with E-state index in [2.05, 4.69) is 39.8 Å². The van der Waals surface area contributed by atoms with E-state index < -0.39 is 0 Å². The van der Waals surface area contributed by atoms with Gasteiger partial charge in [0.25, 0.3) is 0 Å². The third-order valence-corrected chi connectivity index (χ3v) is 4.18. The fourth-order valence-corrected chi connectivity index (χ4v) is 2.92. The highest BCUT2D eigenvalue weighted by Gasteiger charge is 2.11. The molecular formula is C17H23N3O. The van der Waals surface area contributed by atoms with Gasteiger partial charge in [-0.1, -0.05) is 37.8 Å². The van der Waals surface area contributed by atoms with Crippen LogP contribution in [-0.2, 0) is 6.54 Å². The molecule has 4 heteroatoms. The smallest absolute Gasteiger partial charge is 0.247 e. The number of nitrogens with zero attached hydrogens (tertiary/aromatic N) is 2. The zero-order valence-electron chi connectivity index (χ0n) is 12.6. The van der Waals surface area contributed by atoms with Crippen molar-refractivity contribution in [2.75, 3.05) is 0 Å². The Labute approximate surface area is 126 Å². The van der Waals surface area contributed by atoms with Crippen LogP contribution >= 0.6 is 0 Å². The molecule has 1 N–H and O–H groups in total. The van der Waals surface area contributed by atoms with Gasteiger partial charge in [-0.25, -0.2) is 0 Å². The molecular weight excluding hydrogens is 262 g/mol. The van der Waals surface area contributed by atoms with Crippen LogP contribution in [-0.4, -0.2) is 16.2 Å². The number of hydrogen-bond acceptors (Lipinski definition) is 4. The van der Waals surface area contributed by atoms with E-state index in [1.165, 1.54) is 44.1 Å². The number of benzene rings is 1. The number of nitrogens with one attached hydrogen (secondary N) is 1. The van der Waals surface area contributed by atoms with Gasteiger partial charge >= 0.3 is 0 Å². The molecule has 4 nitrogen and oxygen atoms in total. The Morgan fingerprint density at radius 3 is 2.38 bits per heavy atom. The van der Waals surface area contributed by atoms with Crippen LogP contribution in [0.25, 0.3) is 11.5 Å². The lowest BCUT2D eigenvalue weighted by molar-refractivity contribution is 0.459. The van der Waals surface area contributed by atoms with Crippen molar-refractivity contribution in [2.45, 2.75) is 58.0 Å². The first-order valence-corrected chi connectivity index (χ1v) is 7.94. The summed E-state index contributed by atoms with van der Waals surface area (Å²) < 4.78 is 5.44. The molecule has 1 aliphatic rings. The first-order valence-electron chi connectivity index (χ1n) is 7.94. The maximum Gasteiger partial charge on any atom is 0.247 e. The summed E-state index contributed by atoms with van der Waals surface area (Å²) in [5.74, 6) is 1.19. The third kappa shape index (κ3) is 3.91. The van der Waals surface area contributed by atoms with Crippen molar-refractivity contribution in [1.29, 1.82) is 0 Å². The highest BCUT2D eigenvalue weighted by atomic mass is 16.4. The summed E-state index contributed by atoms with van der Waals surface area (Å²) in [5, 5.41) is 11.6. The van der Waals surface area contributed by atoms with Crippen molar-refractivity contribution in [3.05, 3.63) is 35.7 Å². The molecule has 1 heterocycles. The summed E-state index contributed by atoms with van der Waals surface area (Å²) in [5.41, 5.74) is 2.29. The lowest BCUT2D eigenvalue weighted by atomic mass is 10.1. The molecule has 2 aromatic rings. The monoisotopic (exact) mass is 285 g/mol. The van der Waals surface area contributed by atoms with E-state index in [9.17, 15) is 0 Å². The SMILES string of the molecule is Cc1nnc(-c2ccc(CNC3CCCCCC3)cc2)o1. The van der Waals surface area contributed by atoms with Crippen molar-refractivity contribution in [2.24, 2.45) is 0 Å². The van der Waals surface area contributed by atoms with Crippen LogP contribution in [0, 0.1) is 6.92 Å². The van der Waals surface area contributed by atoms with E-state index >= 15 is 0 Å². The van der Waals surface area contributed by atoms with Crippen LogP contribution in [0.3, 0.4) is 0 Å². The predicted molar refractivity (Wildman–Crippen MR) is 82.8 cm³/mol. The molecule has 3 rings (SSSR count). The third-order valence-electron chi connectivity index (χ3n) is 4.18. The second-order valence-corrected chi connectivity index (χ2v) is 5.89. The largest absolute Gasteiger partial charge is 0.421 e. The van der Waals surface area contributed by atoms with Crippen LogP contribution in [0.4, 0.5) is 0 Å². The molecule has 1 fully saturated rings. The maximum absolute atomic E-state index is 5.44. The van der Waals surface area contributed by atoms with E-state index in [1.807, 2.05) is 6.92 Å². The standard InChI is InChI=1S/C17H23N3O/c1-13-19-20-17(21-13)15-10-8-14(9-11-15)12-18-16-6-4-2-3-5-7-16/h8-11,16,18H,2-7,12H2,1H3. The number of aromatic nitrogens is 2. The van der Waals surface area contributed by atoms with Crippen molar-refractivity contribution in [3.8, 4) is 11.5 Å². The number of rotatable bonds is 4. The van der Waals surface area contributed by atoms with Crippen LogP contribution in [0.5, 0.6) is 0 Å². The lowest BCUT2D eigenvalue weighted by Gasteiger charge is -2.16. The molecule has 0 saturated heterocycles. The second kappa shape index (κ2) is 6.85. The van der Waals surface area contributed by atoms with E-state index in [0.29, 0.717) is 17.8 Å². The van der Waals surface area contributed by atoms with Gasteiger partial charge in [-0.2, -0.15) is 0 Å². The average Bonchev–Trinajstić information content (AvgIpc) is 2.78. The van der Waals surface area contributed by atoms with Gasteiger partial charge in [0, 0.05) is 25.1 Å². The fraction of sp³-hybridized carbons (Fsp3) is 0.529. The van der Waals surface area contributed by atoms with Gasteiger partial charge in [-0.05, 0) is 30.5 Å². The Kier molecular flexibility index (Phi) is 4.65. The molecule has 112 valence electrons. The molecule has 0 amide bonds. The van der Waals surface area contributed by atoms with Gasteiger partial charge < -0.3 is 9.73 Å². The molecule has 21 heavy (non-hydrogen) atoms. The molecule has 1 aliphatic carbocycles. The Morgan fingerprint density at radius 1 is 1.05 bits per heavy atom. The zero-order valence-corrected chi connectivity index (χ0v) is 12.6. The minimum Gasteiger partial charge on any atom is -0.421 e.